The van der Waals surface area contributed by atoms with Crippen LogP contribution in [0.25, 0.3) is 22.8 Å². The maximum absolute atomic E-state index is 13.4. The molecule has 1 aliphatic heterocycles. The molecule has 0 saturated carbocycles. The zero-order valence-corrected chi connectivity index (χ0v) is 20.7. The summed E-state index contributed by atoms with van der Waals surface area (Å²) >= 11 is 0. The highest BCUT2D eigenvalue weighted by molar-refractivity contribution is 5.92. The molecule has 4 aromatic rings. The fourth-order valence-electron chi connectivity index (χ4n) is 4.69. The van der Waals surface area contributed by atoms with E-state index in [2.05, 4.69) is 15.1 Å². The van der Waals surface area contributed by atoms with Crippen molar-refractivity contribution in [3.05, 3.63) is 81.4 Å². The summed E-state index contributed by atoms with van der Waals surface area (Å²) in [5.41, 5.74) is 3.24. The van der Waals surface area contributed by atoms with Crippen LogP contribution in [0, 0.1) is 20.8 Å². The van der Waals surface area contributed by atoms with Crippen molar-refractivity contribution in [3.63, 3.8) is 0 Å². The minimum atomic E-state index is -0.216. The fraction of sp³-hybridized carbons (Fsp3) is 0.333. The van der Waals surface area contributed by atoms with E-state index in [0.717, 1.165) is 35.6 Å². The average Bonchev–Trinajstić information content (AvgIpc) is 3.58. The molecule has 1 amide bonds. The van der Waals surface area contributed by atoms with Gasteiger partial charge < -0.3 is 19.1 Å². The molecule has 1 aromatic carbocycles. The van der Waals surface area contributed by atoms with Crippen LogP contribution in [-0.2, 0) is 16.1 Å². The van der Waals surface area contributed by atoms with Crippen LogP contribution < -0.4 is 5.56 Å². The highest BCUT2D eigenvalue weighted by atomic mass is 16.5. The molecule has 1 N–H and O–H groups in total. The van der Waals surface area contributed by atoms with Crippen molar-refractivity contribution >= 4 is 22.9 Å². The lowest BCUT2D eigenvalue weighted by molar-refractivity contribution is -0.128. The molecule has 4 heterocycles. The molecule has 9 heteroatoms. The van der Waals surface area contributed by atoms with Crippen LogP contribution in [0.1, 0.15) is 41.4 Å². The van der Waals surface area contributed by atoms with Gasteiger partial charge in [0.05, 0.1) is 23.6 Å². The third-order valence-corrected chi connectivity index (χ3v) is 6.48. The number of rotatable bonds is 7. The number of aryl methyl sites for hydroxylation is 2. The number of amides is 1. The molecule has 1 fully saturated rings. The second kappa shape index (κ2) is 9.94. The molecule has 1 unspecified atom stereocenters. The quantitative estimate of drug-likeness (QED) is 0.397. The molecule has 186 valence electrons. The lowest BCUT2D eigenvalue weighted by Crippen LogP contribution is -2.36. The van der Waals surface area contributed by atoms with Crippen molar-refractivity contribution in [2.75, 3.05) is 13.2 Å². The Hall–Kier alpha value is -3.98. The van der Waals surface area contributed by atoms with E-state index in [1.807, 2.05) is 49.6 Å². The summed E-state index contributed by atoms with van der Waals surface area (Å²) in [7, 11) is 0. The largest absolute Gasteiger partial charge is 0.376 e. The number of nitrogens with one attached hydrogen (secondary N) is 1. The Morgan fingerprint density at radius 2 is 2.08 bits per heavy atom. The van der Waals surface area contributed by atoms with Crippen molar-refractivity contribution in [1.82, 2.24) is 24.6 Å². The van der Waals surface area contributed by atoms with Gasteiger partial charge in [-0.3, -0.25) is 14.2 Å². The molecule has 1 saturated heterocycles. The topological polar surface area (TPSA) is 106 Å². The number of aromatic amines is 1. The van der Waals surface area contributed by atoms with Gasteiger partial charge in [0.1, 0.15) is 11.6 Å². The normalized spacial score (nSPS) is 15.8. The summed E-state index contributed by atoms with van der Waals surface area (Å²) in [6.45, 7) is 7.12. The van der Waals surface area contributed by atoms with Gasteiger partial charge in [-0.05, 0) is 63.5 Å². The van der Waals surface area contributed by atoms with E-state index in [0.29, 0.717) is 35.7 Å². The first-order valence-corrected chi connectivity index (χ1v) is 12.1. The molecule has 1 atom stereocenters. The molecule has 9 nitrogen and oxygen atoms in total. The monoisotopic (exact) mass is 487 g/mol. The minimum Gasteiger partial charge on any atom is -0.376 e. The summed E-state index contributed by atoms with van der Waals surface area (Å²) in [6.07, 6.45) is 5.21. The number of carbonyl (C=O) groups excluding carboxylic acids is 1. The Kier molecular flexibility index (Phi) is 6.56. The standard InChI is InChI=1S/C27H29N5O4/c1-17-13-20(19(3)32(17)25-14-18(2)36-30-25)10-11-26(33)31(15-21-7-6-12-35-21)16-24-28-23-9-5-4-8-22(23)27(34)29-24/h4-5,8-11,13-14,21H,6-7,12,15-16H2,1-3H3,(H,28,29,34)/b11-10+. The first-order valence-electron chi connectivity index (χ1n) is 12.1. The molecule has 0 bridgehead atoms. The maximum Gasteiger partial charge on any atom is 0.258 e. The number of hydrogen-bond acceptors (Lipinski definition) is 6. The van der Waals surface area contributed by atoms with Crippen LogP contribution >= 0.6 is 0 Å². The van der Waals surface area contributed by atoms with Crippen LogP contribution in [0.2, 0.25) is 0 Å². The summed E-state index contributed by atoms with van der Waals surface area (Å²) in [5, 5.41) is 4.64. The molecular formula is C27H29N5O4. The number of benzene rings is 1. The number of ether oxygens (including phenoxy) is 1. The Morgan fingerprint density at radius 1 is 1.25 bits per heavy atom. The van der Waals surface area contributed by atoms with E-state index < -0.39 is 0 Å². The molecular weight excluding hydrogens is 458 g/mol. The number of H-pyrrole nitrogens is 1. The van der Waals surface area contributed by atoms with E-state index in [-0.39, 0.29) is 24.1 Å². The van der Waals surface area contributed by atoms with Crippen molar-refractivity contribution in [2.24, 2.45) is 0 Å². The van der Waals surface area contributed by atoms with Gasteiger partial charge in [0.15, 0.2) is 5.82 Å². The average molecular weight is 488 g/mol. The number of hydrogen-bond donors (Lipinski definition) is 1. The van der Waals surface area contributed by atoms with Gasteiger partial charge in [-0.2, -0.15) is 0 Å². The number of aromatic nitrogens is 4. The Bertz CT molecular complexity index is 1490. The summed E-state index contributed by atoms with van der Waals surface area (Å²) in [6, 6.07) is 11.1. The van der Waals surface area contributed by atoms with Crippen molar-refractivity contribution in [2.45, 2.75) is 46.3 Å². The highest BCUT2D eigenvalue weighted by Crippen LogP contribution is 2.22. The van der Waals surface area contributed by atoms with Gasteiger partial charge in [-0.15, -0.1) is 0 Å². The Morgan fingerprint density at radius 3 is 2.83 bits per heavy atom. The number of nitrogens with zero attached hydrogens (tertiary/aromatic N) is 4. The lowest BCUT2D eigenvalue weighted by atomic mass is 10.2. The molecule has 1 aliphatic rings. The maximum atomic E-state index is 13.4. The molecule has 0 aliphatic carbocycles. The van der Waals surface area contributed by atoms with Crippen LogP contribution in [0.5, 0.6) is 0 Å². The first kappa shape index (κ1) is 23.7. The fourth-order valence-corrected chi connectivity index (χ4v) is 4.69. The molecule has 0 radical (unpaired) electrons. The second-order valence-corrected chi connectivity index (χ2v) is 9.17. The molecule has 36 heavy (non-hydrogen) atoms. The van der Waals surface area contributed by atoms with Crippen LogP contribution in [0.3, 0.4) is 0 Å². The van der Waals surface area contributed by atoms with Crippen molar-refractivity contribution < 1.29 is 14.1 Å². The van der Waals surface area contributed by atoms with Gasteiger partial charge in [-0.25, -0.2) is 4.98 Å². The predicted molar refractivity (Wildman–Crippen MR) is 136 cm³/mol. The van der Waals surface area contributed by atoms with Gasteiger partial charge >= 0.3 is 0 Å². The second-order valence-electron chi connectivity index (χ2n) is 9.17. The van der Waals surface area contributed by atoms with Gasteiger partial charge in [0.2, 0.25) is 5.91 Å². The molecule has 0 spiro atoms. The van der Waals surface area contributed by atoms with E-state index in [1.165, 1.54) is 0 Å². The van der Waals surface area contributed by atoms with Gasteiger partial charge in [0.25, 0.3) is 5.56 Å². The number of para-hydroxylation sites is 1. The molecule has 5 rings (SSSR count). The third-order valence-electron chi connectivity index (χ3n) is 6.48. The molecule has 3 aromatic heterocycles. The summed E-state index contributed by atoms with van der Waals surface area (Å²) in [5.74, 6) is 1.70. The zero-order valence-electron chi connectivity index (χ0n) is 20.7. The van der Waals surface area contributed by atoms with Crippen molar-refractivity contribution in [3.8, 4) is 5.82 Å². The van der Waals surface area contributed by atoms with Crippen LogP contribution in [0.15, 0.2) is 51.8 Å². The number of carbonyl (C=O) groups is 1. The summed E-state index contributed by atoms with van der Waals surface area (Å²) < 4.78 is 13.0. The first-order chi connectivity index (χ1) is 17.4. The minimum absolute atomic E-state index is 0.0324. The van der Waals surface area contributed by atoms with Crippen molar-refractivity contribution in [1.29, 1.82) is 0 Å². The van der Waals surface area contributed by atoms with Gasteiger partial charge in [0, 0.05) is 36.7 Å². The Balaban J connectivity index is 1.40. The van der Waals surface area contributed by atoms with Crippen LogP contribution in [0.4, 0.5) is 0 Å². The number of fused-ring (bicyclic) bond motifs is 1. The van der Waals surface area contributed by atoms with E-state index in [9.17, 15) is 9.59 Å². The van der Waals surface area contributed by atoms with Crippen LogP contribution in [-0.4, -0.2) is 49.8 Å². The highest BCUT2D eigenvalue weighted by Gasteiger charge is 2.23. The lowest BCUT2D eigenvalue weighted by Gasteiger charge is -2.24. The SMILES string of the molecule is Cc1cc(-n2c(C)cc(/C=C/C(=O)N(Cc3nc4ccccc4c(=O)[nH]3)CC3CCCO3)c2C)no1. The summed E-state index contributed by atoms with van der Waals surface area (Å²) in [4.78, 5) is 35.0. The van der Waals surface area contributed by atoms with E-state index in [4.69, 9.17) is 9.26 Å². The van der Waals surface area contributed by atoms with Gasteiger partial charge in [-0.1, -0.05) is 17.3 Å². The van der Waals surface area contributed by atoms with E-state index >= 15 is 0 Å². The van der Waals surface area contributed by atoms with E-state index in [1.54, 1.807) is 29.2 Å². The smallest absolute Gasteiger partial charge is 0.258 e. The Labute approximate surface area is 208 Å². The zero-order chi connectivity index (χ0) is 25.2. The third kappa shape index (κ3) is 4.87. The predicted octanol–water partition coefficient (Wildman–Crippen LogP) is 3.85.